The van der Waals surface area contributed by atoms with Crippen molar-refractivity contribution in [2.45, 2.75) is 6.54 Å². The second-order valence-electron chi connectivity index (χ2n) is 6.99. The zero-order valence-corrected chi connectivity index (χ0v) is 15.6. The molecule has 0 saturated carbocycles. The van der Waals surface area contributed by atoms with Gasteiger partial charge in [0.05, 0.1) is 11.2 Å². The Morgan fingerprint density at radius 2 is 1.64 bits per heavy atom. The third-order valence-electron chi connectivity index (χ3n) is 4.89. The van der Waals surface area contributed by atoms with Crippen molar-refractivity contribution in [3.8, 4) is 34.3 Å². The predicted molar refractivity (Wildman–Crippen MR) is 102 cm³/mol. The van der Waals surface area contributed by atoms with Crippen LogP contribution >= 0.6 is 0 Å². The molecule has 8 nitrogen and oxygen atoms in total. The van der Waals surface area contributed by atoms with Gasteiger partial charge in [0, 0.05) is 30.1 Å². The summed E-state index contributed by atoms with van der Waals surface area (Å²) in [5, 5.41) is 0.821. The molecule has 8 heteroatoms. The summed E-state index contributed by atoms with van der Waals surface area (Å²) in [6, 6.07) is 9.29. The van der Waals surface area contributed by atoms with E-state index in [1.54, 1.807) is 4.57 Å². The Balaban J connectivity index is 1.73. The van der Waals surface area contributed by atoms with Gasteiger partial charge in [-0.05, 0) is 38.4 Å². The van der Waals surface area contributed by atoms with Crippen LogP contribution in [0.25, 0.3) is 22.2 Å². The first-order valence-corrected chi connectivity index (χ1v) is 8.99. The topological polar surface area (TPSA) is 75.1 Å². The van der Waals surface area contributed by atoms with Gasteiger partial charge in [-0.3, -0.25) is 4.57 Å². The molecule has 2 aliphatic rings. The molecule has 0 saturated heterocycles. The maximum Gasteiger partial charge on any atom is 0.348 e. The number of hydrogen-bond acceptors (Lipinski definition) is 7. The van der Waals surface area contributed by atoms with Gasteiger partial charge >= 0.3 is 5.69 Å². The molecule has 2 aromatic carbocycles. The van der Waals surface area contributed by atoms with E-state index in [0.717, 1.165) is 16.5 Å². The molecule has 28 heavy (non-hydrogen) atoms. The molecule has 0 amide bonds. The highest BCUT2D eigenvalue weighted by atomic mass is 16.7. The molecular weight excluding hydrogens is 362 g/mol. The minimum Gasteiger partial charge on any atom is -0.454 e. The summed E-state index contributed by atoms with van der Waals surface area (Å²) in [6.45, 7) is 1.60. The number of benzene rings is 2. The van der Waals surface area contributed by atoms with Crippen molar-refractivity contribution in [2.24, 2.45) is 0 Å². The average Bonchev–Trinajstić information content (AvgIpc) is 3.33. The maximum atomic E-state index is 12.9. The minimum absolute atomic E-state index is 0.167. The lowest BCUT2D eigenvalue weighted by molar-refractivity contribution is 0.173. The molecule has 2 aliphatic heterocycles. The van der Waals surface area contributed by atoms with E-state index in [1.165, 1.54) is 0 Å². The van der Waals surface area contributed by atoms with Crippen LogP contribution in [-0.2, 0) is 6.54 Å². The van der Waals surface area contributed by atoms with Crippen molar-refractivity contribution in [3.63, 3.8) is 0 Å². The summed E-state index contributed by atoms with van der Waals surface area (Å²) < 4.78 is 23.6. The molecule has 0 bridgehead atoms. The maximum absolute atomic E-state index is 12.9. The van der Waals surface area contributed by atoms with Crippen molar-refractivity contribution < 1.29 is 18.9 Å². The van der Waals surface area contributed by atoms with E-state index in [4.69, 9.17) is 18.9 Å². The van der Waals surface area contributed by atoms with Gasteiger partial charge in [-0.1, -0.05) is 0 Å². The molecular formula is C20H19N3O5. The Morgan fingerprint density at radius 3 is 2.39 bits per heavy atom. The molecule has 144 valence electrons. The van der Waals surface area contributed by atoms with Gasteiger partial charge in [-0.2, -0.15) is 4.98 Å². The summed E-state index contributed by atoms with van der Waals surface area (Å²) in [5.74, 6) is 2.61. The monoisotopic (exact) mass is 381 g/mol. The fraction of sp³-hybridized carbons (Fsp3) is 0.300. The normalized spacial score (nSPS) is 14.2. The van der Waals surface area contributed by atoms with Gasteiger partial charge in [0.15, 0.2) is 23.0 Å². The molecule has 0 spiro atoms. The Morgan fingerprint density at radius 1 is 0.964 bits per heavy atom. The zero-order valence-electron chi connectivity index (χ0n) is 15.6. The van der Waals surface area contributed by atoms with Crippen molar-refractivity contribution in [1.29, 1.82) is 0 Å². The van der Waals surface area contributed by atoms with Crippen LogP contribution in [0.2, 0.25) is 0 Å². The van der Waals surface area contributed by atoms with Gasteiger partial charge in [0.1, 0.15) is 0 Å². The number of likely N-dealkylation sites (N-methyl/N-ethyl adjacent to an activating group) is 1. The van der Waals surface area contributed by atoms with Crippen molar-refractivity contribution in [2.75, 3.05) is 34.2 Å². The lowest BCUT2D eigenvalue weighted by Crippen LogP contribution is -2.29. The van der Waals surface area contributed by atoms with Crippen LogP contribution in [0.3, 0.4) is 0 Å². The van der Waals surface area contributed by atoms with Crippen LogP contribution in [0.1, 0.15) is 0 Å². The van der Waals surface area contributed by atoms with Crippen LogP contribution in [0, 0.1) is 0 Å². The number of nitrogens with zero attached hydrogens (tertiary/aromatic N) is 3. The van der Waals surface area contributed by atoms with Crippen LogP contribution in [0.15, 0.2) is 35.1 Å². The van der Waals surface area contributed by atoms with Crippen LogP contribution in [-0.4, -0.2) is 48.7 Å². The van der Waals surface area contributed by atoms with Crippen molar-refractivity contribution in [1.82, 2.24) is 14.5 Å². The third kappa shape index (κ3) is 2.73. The average molecular weight is 381 g/mol. The highest BCUT2D eigenvalue weighted by Gasteiger charge is 2.21. The third-order valence-corrected chi connectivity index (χ3v) is 4.89. The second kappa shape index (κ2) is 6.42. The second-order valence-corrected chi connectivity index (χ2v) is 6.99. The summed E-state index contributed by atoms with van der Waals surface area (Å²) in [6.07, 6.45) is 0. The Kier molecular flexibility index (Phi) is 3.87. The molecule has 3 heterocycles. The van der Waals surface area contributed by atoms with Gasteiger partial charge in [-0.25, -0.2) is 4.79 Å². The highest BCUT2D eigenvalue weighted by Crippen LogP contribution is 2.40. The fourth-order valence-corrected chi connectivity index (χ4v) is 3.44. The number of hydrogen-bond donors (Lipinski definition) is 0. The molecule has 5 rings (SSSR count). The van der Waals surface area contributed by atoms with Crippen molar-refractivity contribution >= 4 is 10.9 Å². The Labute approximate surface area is 160 Å². The minimum atomic E-state index is -0.305. The van der Waals surface area contributed by atoms with E-state index in [9.17, 15) is 4.79 Å². The number of ether oxygens (including phenoxy) is 4. The summed E-state index contributed by atoms with van der Waals surface area (Å²) in [4.78, 5) is 19.3. The number of fused-ring (bicyclic) bond motifs is 3. The quantitative estimate of drug-likeness (QED) is 0.685. The molecule has 0 atom stereocenters. The highest BCUT2D eigenvalue weighted by molar-refractivity contribution is 5.95. The SMILES string of the molecule is CN(C)CCn1c(=O)nc(-c2ccc3c(c2)OCO3)c2cc3c(cc21)OCO3. The molecule has 0 unspecified atom stereocenters. The van der Waals surface area contributed by atoms with Crippen LogP contribution in [0.5, 0.6) is 23.0 Å². The van der Waals surface area contributed by atoms with Crippen LogP contribution in [0.4, 0.5) is 0 Å². The first-order chi connectivity index (χ1) is 13.6. The van der Waals surface area contributed by atoms with E-state index in [-0.39, 0.29) is 19.3 Å². The first kappa shape index (κ1) is 16.9. The summed E-state index contributed by atoms with van der Waals surface area (Å²) >= 11 is 0. The number of rotatable bonds is 4. The van der Waals surface area contributed by atoms with Gasteiger partial charge in [0.2, 0.25) is 13.6 Å². The molecule has 0 radical (unpaired) electrons. The molecule has 0 aliphatic carbocycles. The molecule has 0 fully saturated rings. The van der Waals surface area contributed by atoms with Crippen LogP contribution < -0.4 is 24.6 Å². The summed E-state index contributed by atoms with van der Waals surface area (Å²) in [7, 11) is 3.94. The van der Waals surface area contributed by atoms with Crippen molar-refractivity contribution in [3.05, 3.63) is 40.8 Å². The standard InChI is InChI=1S/C20H19N3O5/c1-22(2)5-6-23-14-9-18-17(27-11-28-18)8-13(14)19(21-20(23)24)12-3-4-15-16(7-12)26-10-25-15/h3-4,7-9H,5-6,10-11H2,1-2H3. The van der Waals surface area contributed by atoms with E-state index in [2.05, 4.69) is 4.98 Å². The summed E-state index contributed by atoms with van der Waals surface area (Å²) in [5.41, 5.74) is 1.82. The molecule has 0 N–H and O–H groups in total. The fourth-order valence-electron chi connectivity index (χ4n) is 3.44. The number of aromatic nitrogens is 2. The Hall–Kier alpha value is -3.26. The smallest absolute Gasteiger partial charge is 0.348 e. The lowest BCUT2D eigenvalue weighted by atomic mass is 10.0. The zero-order chi connectivity index (χ0) is 19.3. The first-order valence-electron chi connectivity index (χ1n) is 8.99. The molecule has 3 aromatic rings. The Bertz CT molecular complexity index is 1140. The van der Waals surface area contributed by atoms with Gasteiger partial charge in [0.25, 0.3) is 0 Å². The van der Waals surface area contributed by atoms with Gasteiger partial charge in [-0.15, -0.1) is 0 Å². The largest absolute Gasteiger partial charge is 0.454 e. The van der Waals surface area contributed by atoms with Gasteiger partial charge < -0.3 is 23.8 Å². The van der Waals surface area contributed by atoms with E-state index >= 15 is 0 Å². The lowest BCUT2D eigenvalue weighted by Gasteiger charge is -2.16. The van der Waals surface area contributed by atoms with E-state index in [0.29, 0.717) is 41.8 Å². The van der Waals surface area contributed by atoms with E-state index in [1.807, 2.05) is 49.3 Å². The predicted octanol–water partition coefficient (Wildman–Crippen LogP) is 2.08. The van der Waals surface area contributed by atoms with E-state index < -0.39 is 0 Å². The molecule has 1 aromatic heterocycles.